The molecule has 0 saturated carbocycles. The van der Waals surface area contributed by atoms with Gasteiger partial charge in [0.05, 0.1) is 30.4 Å². The maximum atomic E-state index is 12.9. The molecule has 0 saturated heterocycles. The molecule has 0 aromatic carbocycles. The molecule has 1 aliphatic heterocycles. The van der Waals surface area contributed by atoms with Crippen molar-refractivity contribution in [2.45, 2.75) is 26.3 Å². The van der Waals surface area contributed by atoms with E-state index in [9.17, 15) is 4.79 Å². The number of carbonyl (C=O) groups excluding carboxylic acids is 1. The minimum atomic E-state index is -0.0654. The number of hydrogen-bond acceptors (Lipinski definition) is 4. The molecule has 1 aromatic heterocycles. The summed E-state index contributed by atoms with van der Waals surface area (Å²) in [5.41, 5.74) is 2.61. The van der Waals surface area contributed by atoms with Gasteiger partial charge in [-0.25, -0.2) is 0 Å². The third kappa shape index (κ3) is 2.91. The molecule has 0 radical (unpaired) electrons. The van der Waals surface area contributed by atoms with Gasteiger partial charge in [0.1, 0.15) is 5.76 Å². The highest BCUT2D eigenvalue weighted by atomic mass is 35.5. The van der Waals surface area contributed by atoms with Crippen LogP contribution in [0.25, 0.3) is 0 Å². The molecular weight excluding hydrogens is 334 g/mol. The van der Waals surface area contributed by atoms with Crippen LogP contribution >= 0.6 is 22.9 Å². The number of ether oxygens (including phenoxy) is 2. The molecule has 0 bridgehead atoms. The molecule has 1 aliphatic carbocycles. The topological polar surface area (TPSA) is 38.8 Å². The second-order valence-electron chi connectivity index (χ2n) is 5.39. The SMILES string of the molecule is CCOc1cc(C(=O)N2C(C)=CC3=CC(OC)=C(Cl)CC32)cs1. The molecule has 1 unspecified atom stereocenters. The first-order valence-electron chi connectivity index (χ1n) is 7.42. The fourth-order valence-corrected chi connectivity index (χ4v) is 3.98. The number of rotatable bonds is 4. The number of methoxy groups -OCH3 is 1. The zero-order valence-corrected chi connectivity index (χ0v) is 14.8. The van der Waals surface area contributed by atoms with Gasteiger partial charge < -0.3 is 14.4 Å². The van der Waals surface area contributed by atoms with Crippen LogP contribution in [-0.4, -0.2) is 30.6 Å². The second-order valence-corrected chi connectivity index (χ2v) is 6.72. The van der Waals surface area contributed by atoms with Crippen molar-refractivity contribution in [1.82, 2.24) is 4.90 Å². The summed E-state index contributed by atoms with van der Waals surface area (Å²) in [6, 6.07) is 1.73. The molecule has 2 aliphatic rings. The molecule has 3 rings (SSSR count). The number of nitrogens with zero attached hydrogens (tertiary/aromatic N) is 1. The van der Waals surface area contributed by atoms with Crippen molar-refractivity contribution in [1.29, 1.82) is 0 Å². The number of fused-ring (bicyclic) bond motifs is 1. The van der Waals surface area contributed by atoms with Crippen molar-refractivity contribution in [3.63, 3.8) is 0 Å². The Morgan fingerprint density at radius 2 is 2.26 bits per heavy atom. The highest BCUT2D eigenvalue weighted by Gasteiger charge is 2.36. The Balaban J connectivity index is 1.86. The van der Waals surface area contributed by atoms with E-state index in [-0.39, 0.29) is 11.9 Å². The first-order chi connectivity index (χ1) is 11.0. The summed E-state index contributed by atoms with van der Waals surface area (Å²) in [7, 11) is 1.60. The van der Waals surface area contributed by atoms with Crippen molar-refractivity contribution in [2.75, 3.05) is 13.7 Å². The minimum Gasteiger partial charge on any atom is -0.496 e. The van der Waals surface area contributed by atoms with E-state index in [0.29, 0.717) is 29.4 Å². The lowest BCUT2D eigenvalue weighted by atomic mass is 9.99. The second kappa shape index (κ2) is 6.42. The van der Waals surface area contributed by atoms with E-state index in [1.165, 1.54) is 11.3 Å². The molecule has 0 fully saturated rings. The average molecular weight is 352 g/mol. The molecule has 4 nitrogen and oxygen atoms in total. The average Bonchev–Trinajstić information content (AvgIpc) is 3.10. The summed E-state index contributed by atoms with van der Waals surface area (Å²) in [6.07, 6.45) is 4.49. The van der Waals surface area contributed by atoms with E-state index in [1.807, 2.05) is 31.4 Å². The first-order valence-corrected chi connectivity index (χ1v) is 8.68. The molecule has 2 heterocycles. The summed E-state index contributed by atoms with van der Waals surface area (Å²) < 4.78 is 10.7. The van der Waals surface area contributed by atoms with E-state index in [0.717, 1.165) is 16.3 Å². The van der Waals surface area contributed by atoms with Gasteiger partial charge in [-0.15, -0.1) is 11.3 Å². The number of allylic oxidation sites excluding steroid dienone is 2. The molecule has 1 atom stereocenters. The van der Waals surface area contributed by atoms with Crippen LogP contribution in [0.5, 0.6) is 5.06 Å². The monoisotopic (exact) mass is 351 g/mol. The highest BCUT2D eigenvalue weighted by Crippen LogP contribution is 2.39. The Morgan fingerprint density at radius 3 is 2.96 bits per heavy atom. The van der Waals surface area contributed by atoms with Crippen LogP contribution < -0.4 is 4.74 Å². The lowest BCUT2D eigenvalue weighted by Crippen LogP contribution is -2.37. The van der Waals surface area contributed by atoms with Crippen LogP contribution in [0, 0.1) is 0 Å². The van der Waals surface area contributed by atoms with Crippen molar-refractivity contribution in [2.24, 2.45) is 0 Å². The van der Waals surface area contributed by atoms with Gasteiger partial charge in [-0.1, -0.05) is 11.6 Å². The van der Waals surface area contributed by atoms with Crippen molar-refractivity contribution in [3.05, 3.63) is 51.2 Å². The van der Waals surface area contributed by atoms with Crippen LogP contribution in [0.1, 0.15) is 30.6 Å². The van der Waals surface area contributed by atoms with Gasteiger partial charge in [0.25, 0.3) is 5.91 Å². The predicted molar refractivity (Wildman–Crippen MR) is 91.8 cm³/mol. The van der Waals surface area contributed by atoms with Gasteiger partial charge in [-0.3, -0.25) is 4.79 Å². The van der Waals surface area contributed by atoms with Gasteiger partial charge in [0, 0.05) is 23.6 Å². The Labute approximate surface area is 144 Å². The molecule has 1 amide bonds. The third-order valence-corrected chi connectivity index (χ3v) is 5.12. The number of halogens is 1. The summed E-state index contributed by atoms with van der Waals surface area (Å²) in [5.74, 6) is 0.644. The molecule has 6 heteroatoms. The fraction of sp³-hybridized carbons (Fsp3) is 0.353. The Kier molecular flexibility index (Phi) is 4.50. The molecule has 122 valence electrons. The molecule has 0 N–H and O–H groups in total. The standard InChI is InChI=1S/C17H18ClNO3S/c1-4-22-16-7-12(9-23-16)17(20)19-10(2)5-11-6-15(21-3)13(18)8-14(11)19/h5-7,9,14H,4,8H2,1-3H3. The van der Waals surface area contributed by atoms with E-state index >= 15 is 0 Å². The van der Waals surface area contributed by atoms with Gasteiger partial charge in [0.15, 0.2) is 5.06 Å². The van der Waals surface area contributed by atoms with Crippen LogP contribution in [0.4, 0.5) is 0 Å². The van der Waals surface area contributed by atoms with E-state index < -0.39 is 0 Å². The maximum Gasteiger partial charge on any atom is 0.259 e. The molecular formula is C17H18ClNO3S. The lowest BCUT2D eigenvalue weighted by Gasteiger charge is -2.29. The number of carbonyl (C=O) groups is 1. The normalized spacial score (nSPS) is 20.2. The molecule has 1 aromatic rings. The number of hydrogen-bond donors (Lipinski definition) is 0. The molecule has 23 heavy (non-hydrogen) atoms. The Morgan fingerprint density at radius 1 is 1.48 bits per heavy atom. The largest absolute Gasteiger partial charge is 0.496 e. The summed E-state index contributed by atoms with van der Waals surface area (Å²) in [5, 5.41) is 3.24. The molecule has 0 spiro atoms. The zero-order valence-electron chi connectivity index (χ0n) is 13.3. The Hall–Kier alpha value is -1.72. The van der Waals surface area contributed by atoms with Gasteiger partial charge >= 0.3 is 0 Å². The van der Waals surface area contributed by atoms with Crippen LogP contribution in [0.3, 0.4) is 0 Å². The third-order valence-electron chi connectivity index (χ3n) is 3.94. The first kappa shape index (κ1) is 16.1. The summed E-state index contributed by atoms with van der Waals surface area (Å²) in [6.45, 7) is 4.45. The maximum absolute atomic E-state index is 12.9. The van der Waals surface area contributed by atoms with Crippen LogP contribution in [-0.2, 0) is 4.74 Å². The van der Waals surface area contributed by atoms with Crippen LogP contribution in [0.2, 0.25) is 0 Å². The number of amides is 1. The van der Waals surface area contributed by atoms with E-state index in [2.05, 4.69) is 0 Å². The zero-order chi connectivity index (χ0) is 16.6. The van der Waals surface area contributed by atoms with Crippen molar-refractivity contribution in [3.8, 4) is 5.06 Å². The fourth-order valence-electron chi connectivity index (χ4n) is 2.91. The predicted octanol–water partition coefficient (Wildman–Crippen LogP) is 4.30. The lowest BCUT2D eigenvalue weighted by molar-refractivity contribution is 0.0780. The summed E-state index contributed by atoms with van der Waals surface area (Å²) in [4.78, 5) is 14.7. The van der Waals surface area contributed by atoms with Crippen LogP contribution in [0.15, 0.2) is 45.7 Å². The number of thiophene rings is 1. The van der Waals surface area contributed by atoms with Gasteiger partial charge in [-0.05, 0) is 31.6 Å². The summed E-state index contributed by atoms with van der Waals surface area (Å²) >= 11 is 7.73. The van der Waals surface area contributed by atoms with Gasteiger partial charge in [0.2, 0.25) is 0 Å². The Bertz CT molecular complexity index is 732. The van der Waals surface area contributed by atoms with Crippen molar-refractivity contribution < 1.29 is 14.3 Å². The highest BCUT2D eigenvalue weighted by molar-refractivity contribution is 7.12. The van der Waals surface area contributed by atoms with Gasteiger partial charge in [-0.2, -0.15) is 0 Å². The smallest absolute Gasteiger partial charge is 0.259 e. The quantitative estimate of drug-likeness (QED) is 0.811. The van der Waals surface area contributed by atoms with Crippen molar-refractivity contribution >= 4 is 28.8 Å². The van der Waals surface area contributed by atoms with E-state index in [1.54, 1.807) is 18.1 Å². The van der Waals surface area contributed by atoms with E-state index in [4.69, 9.17) is 21.1 Å². The minimum absolute atomic E-state index is 0.0281.